The van der Waals surface area contributed by atoms with Crippen molar-refractivity contribution in [1.82, 2.24) is 5.32 Å². The maximum Gasteiger partial charge on any atom is 0.221 e. The van der Waals surface area contributed by atoms with Gasteiger partial charge < -0.3 is 15.4 Å². The molecule has 0 unspecified atom stereocenters. The molecule has 98 valence electrons. The molecule has 1 aromatic carbocycles. The summed E-state index contributed by atoms with van der Waals surface area (Å²) in [7, 11) is 0. The second kappa shape index (κ2) is 5.50. The SMILES string of the molecule is CC(=O)Nc1ccccc1CNCC1(C)COC1. The lowest BCUT2D eigenvalue weighted by atomic mass is 9.89. The third-order valence-electron chi connectivity index (χ3n) is 3.10. The molecule has 1 heterocycles. The van der Waals surface area contributed by atoms with E-state index in [-0.39, 0.29) is 11.3 Å². The Kier molecular flexibility index (Phi) is 3.99. The van der Waals surface area contributed by atoms with Crippen LogP contribution >= 0.6 is 0 Å². The summed E-state index contributed by atoms with van der Waals surface area (Å²) in [6.07, 6.45) is 0. The zero-order chi connectivity index (χ0) is 13.0. The van der Waals surface area contributed by atoms with Crippen LogP contribution in [0.3, 0.4) is 0 Å². The van der Waals surface area contributed by atoms with Crippen LogP contribution in [-0.4, -0.2) is 25.7 Å². The van der Waals surface area contributed by atoms with Crippen molar-refractivity contribution >= 4 is 11.6 Å². The molecule has 0 spiro atoms. The average molecular weight is 248 g/mol. The number of carbonyl (C=O) groups is 1. The summed E-state index contributed by atoms with van der Waals surface area (Å²) < 4.78 is 5.22. The summed E-state index contributed by atoms with van der Waals surface area (Å²) in [4.78, 5) is 11.1. The van der Waals surface area contributed by atoms with Crippen LogP contribution in [0.1, 0.15) is 19.4 Å². The summed E-state index contributed by atoms with van der Waals surface area (Å²) in [5.41, 5.74) is 2.26. The van der Waals surface area contributed by atoms with Crippen molar-refractivity contribution in [2.75, 3.05) is 25.1 Å². The number of hydrogen-bond donors (Lipinski definition) is 2. The Labute approximate surface area is 108 Å². The van der Waals surface area contributed by atoms with Gasteiger partial charge in [0.1, 0.15) is 0 Å². The van der Waals surface area contributed by atoms with Crippen molar-refractivity contribution in [3.63, 3.8) is 0 Å². The molecule has 1 amide bonds. The van der Waals surface area contributed by atoms with Gasteiger partial charge in [0, 0.05) is 31.1 Å². The number of benzene rings is 1. The minimum Gasteiger partial charge on any atom is -0.380 e. The van der Waals surface area contributed by atoms with Gasteiger partial charge in [-0.05, 0) is 11.6 Å². The molecule has 1 aromatic rings. The first-order valence-electron chi connectivity index (χ1n) is 6.23. The van der Waals surface area contributed by atoms with Gasteiger partial charge >= 0.3 is 0 Å². The predicted molar refractivity (Wildman–Crippen MR) is 71.4 cm³/mol. The van der Waals surface area contributed by atoms with Gasteiger partial charge in [0.15, 0.2) is 0 Å². The highest BCUT2D eigenvalue weighted by Crippen LogP contribution is 2.25. The molecule has 4 heteroatoms. The van der Waals surface area contributed by atoms with E-state index in [1.807, 2.05) is 24.3 Å². The summed E-state index contributed by atoms with van der Waals surface area (Å²) in [6, 6.07) is 7.86. The van der Waals surface area contributed by atoms with Crippen LogP contribution in [0, 0.1) is 5.41 Å². The van der Waals surface area contributed by atoms with Crippen LogP contribution in [-0.2, 0) is 16.1 Å². The van der Waals surface area contributed by atoms with E-state index < -0.39 is 0 Å². The number of amides is 1. The first-order chi connectivity index (χ1) is 8.59. The molecule has 0 saturated carbocycles. The molecular weight excluding hydrogens is 228 g/mol. The van der Waals surface area contributed by atoms with Gasteiger partial charge in [0.2, 0.25) is 5.91 Å². The van der Waals surface area contributed by atoms with E-state index >= 15 is 0 Å². The highest BCUT2D eigenvalue weighted by Gasteiger charge is 2.32. The lowest BCUT2D eigenvalue weighted by molar-refractivity contribution is -0.114. The van der Waals surface area contributed by atoms with Crippen LogP contribution in [0.25, 0.3) is 0 Å². The third-order valence-corrected chi connectivity index (χ3v) is 3.10. The third kappa shape index (κ3) is 3.31. The molecule has 1 aliphatic rings. The summed E-state index contributed by atoms with van der Waals surface area (Å²) in [6.45, 7) is 7.08. The molecule has 0 aliphatic carbocycles. The van der Waals surface area contributed by atoms with Gasteiger partial charge in [-0.3, -0.25) is 4.79 Å². The Morgan fingerprint density at radius 2 is 2.11 bits per heavy atom. The van der Waals surface area contributed by atoms with Crippen molar-refractivity contribution in [1.29, 1.82) is 0 Å². The van der Waals surface area contributed by atoms with Crippen molar-refractivity contribution < 1.29 is 9.53 Å². The minimum absolute atomic E-state index is 0.0400. The van der Waals surface area contributed by atoms with E-state index in [2.05, 4.69) is 17.6 Å². The Balaban J connectivity index is 1.89. The minimum atomic E-state index is -0.0400. The molecule has 1 aliphatic heterocycles. The monoisotopic (exact) mass is 248 g/mol. The van der Waals surface area contributed by atoms with Crippen LogP contribution in [0.4, 0.5) is 5.69 Å². The van der Waals surface area contributed by atoms with Crippen molar-refractivity contribution in [3.8, 4) is 0 Å². The van der Waals surface area contributed by atoms with Gasteiger partial charge in [-0.1, -0.05) is 25.1 Å². The standard InChI is InChI=1S/C14H20N2O2/c1-11(17)16-13-6-4-3-5-12(13)7-15-8-14(2)9-18-10-14/h3-6,15H,7-10H2,1-2H3,(H,16,17). The number of rotatable bonds is 5. The highest BCUT2D eigenvalue weighted by atomic mass is 16.5. The number of para-hydroxylation sites is 1. The summed E-state index contributed by atoms with van der Waals surface area (Å²) in [5.74, 6) is -0.0400. The zero-order valence-corrected chi connectivity index (χ0v) is 11.0. The van der Waals surface area contributed by atoms with Crippen molar-refractivity contribution in [2.24, 2.45) is 5.41 Å². The maximum atomic E-state index is 11.1. The largest absolute Gasteiger partial charge is 0.380 e. The highest BCUT2D eigenvalue weighted by molar-refractivity contribution is 5.89. The zero-order valence-electron chi connectivity index (χ0n) is 11.0. The van der Waals surface area contributed by atoms with Crippen molar-refractivity contribution in [3.05, 3.63) is 29.8 Å². The van der Waals surface area contributed by atoms with Crippen molar-refractivity contribution in [2.45, 2.75) is 20.4 Å². The smallest absolute Gasteiger partial charge is 0.221 e. The molecule has 1 saturated heterocycles. The first kappa shape index (κ1) is 13.1. The average Bonchev–Trinajstić information content (AvgIpc) is 2.28. The van der Waals surface area contributed by atoms with Crippen LogP contribution < -0.4 is 10.6 Å². The fourth-order valence-corrected chi connectivity index (χ4v) is 2.04. The molecule has 2 rings (SSSR count). The Morgan fingerprint density at radius 1 is 1.39 bits per heavy atom. The molecule has 4 nitrogen and oxygen atoms in total. The molecule has 0 atom stereocenters. The summed E-state index contributed by atoms with van der Waals surface area (Å²) >= 11 is 0. The maximum absolute atomic E-state index is 11.1. The van der Waals surface area contributed by atoms with E-state index in [0.717, 1.165) is 37.6 Å². The van der Waals surface area contributed by atoms with E-state index in [1.54, 1.807) is 0 Å². The number of nitrogens with one attached hydrogen (secondary N) is 2. The fourth-order valence-electron chi connectivity index (χ4n) is 2.04. The normalized spacial score (nSPS) is 17.0. The van der Waals surface area contributed by atoms with E-state index in [0.29, 0.717) is 0 Å². The molecule has 0 radical (unpaired) electrons. The van der Waals surface area contributed by atoms with Gasteiger partial charge in [0.05, 0.1) is 13.2 Å². The number of hydrogen-bond acceptors (Lipinski definition) is 3. The summed E-state index contributed by atoms with van der Waals surface area (Å²) in [5, 5.41) is 6.27. The second-order valence-corrected chi connectivity index (χ2v) is 5.25. The van der Waals surface area contributed by atoms with Crippen LogP contribution in [0.15, 0.2) is 24.3 Å². The Bertz CT molecular complexity index is 428. The lowest BCUT2D eigenvalue weighted by Gasteiger charge is -2.38. The topological polar surface area (TPSA) is 50.4 Å². The predicted octanol–water partition coefficient (Wildman–Crippen LogP) is 1.77. The number of ether oxygens (including phenoxy) is 1. The van der Waals surface area contributed by atoms with Gasteiger partial charge in [-0.2, -0.15) is 0 Å². The van der Waals surface area contributed by atoms with E-state index in [4.69, 9.17) is 4.74 Å². The second-order valence-electron chi connectivity index (χ2n) is 5.25. The Hall–Kier alpha value is -1.39. The van der Waals surface area contributed by atoms with Gasteiger partial charge in [-0.25, -0.2) is 0 Å². The molecule has 2 N–H and O–H groups in total. The fraction of sp³-hybridized carbons (Fsp3) is 0.500. The molecule has 18 heavy (non-hydrogen) atoms. The first-order valence-corrected chi connectivity index (χ1v) is 6.23. The number of carbonyl (C=O) groups excluding carboxylic acids is 1. The number of anilines is 1. The van der Waals surface area contributed by atoms with Gasteiger partial charge in [-0.15, -0.1) is 0 Å². The van der Waals surface area contributed by atoms with Crippen LogP contribution in [0.2, 0.25) is 0 Å². The molecule has 0 bridgehead atoms. The van der Waals surface area contributed by atoms with E-state index in [1.165, 1.54) is 6.92 Å². The molecule has 0 aromatic heterocycles. The quantitative estimate of drug-likeness (QED) is 0.835. The lowest BCUT2D eigenvalue weighted by Crippen LogP contribution is -2.47. The molecule has 1 fully saturated rings. The van der Waals surface area contributed by atoms with Gasteiger partial charge in [0.25, 0.3) is 0 Å². The Morgan fingerprint density at radius 3 is 2.72 bits per heavy atom. The molecular formula is C14H20N2O2. The van der Waals surface area contributed by atoms with Crippen LogP contribution in [0.5, 0.6) is 0 Å². The van der Waals surface area contributed by atoms with E-state index in [9.17, 15) is 4.79 Å².